The molecule has 0 spiro atoms. The smallest absolute Gasteiger partial charge is 0.231 e. The van der Waals surface area contributed by atoms with Gasteiger partial charge >= 0.3 is 0 Å². The summed E-state index contributed by atoms with van der Waals surface area (Å²) in [6.07, 6.45) is 0. The molecule has 0 aliphatic carbocycles. The minimum Gasteiger partial charge on any atom is -0.494 e. The van der Waals surface area contributed by atoms with Crippen LogP contribution in [-0.2, 0) is 0 Å². The van der Waals surface area contributed by atoms with Crippen molar-refractivity contribution < 1.29 is 18.9 Å². The van der Waals surface area contributed by atoms with Crippen molar-refractivity contribution in [3.8, 4) is 23.0 Å². The topological polar surface area (TPSA) is 36.9 Å². The Balaban J connectivity index is 1.92. The molecule has 4 heteroatoms. The van der Waals surface area contributed by atoms with Crippen molar-refractivity contribution in [2.24, 2.45) is 0 Å². The van der Waals surface area contributed by atoms with Gasteiger partial charge in [0, 0.05) is 17.5 Å². The molecule has 0 saturated heterocycles. The second-order valence-corrected chi connectivity index (χ2v) is 5.40. The molecular formula is C19H22O4. The largest absolute Gasteiger partial charge is 0.494 e. The molecule has 1 heterocycles. The summed E-state index contributed by atoms with van der Waals surface area (Å²) in [5.74, 6) is 3.44. The van der Waals surface area contributed by atoms with E-state index in [1.54, 1.807) is 0 Å². The minimum atomic E-state index is 0.182. The first-order valence-electron chi connectivity index (χ1n) is 8.02. The first-order chi connectivity index (χ1) is 11.2. The second kappa shape index (κ2) is 6.82. The Morgan fingerprint density at radius 2 is 1.61 bits per heavy atom. The first kappa shape index (κ1) is 15.5. The van der Waals surface area contributed by atoms with Gasteiger partial charge in [-0.15, -0.1) is 0 Å². The summed E-state index contributed by atoms with van der Waals surface area (Å²) in [7, 11) is 0. The van der Waals surface area contributed by atoms with Crippen LogP contribution >= 0.6 is 0 Å². The van der Waals surface area contributed by atoms with Gasteiger partial charge in [-0.1, -0.05) is 19.1 Å². The van der Waals surface area contributed by atoms with Crippen molar-refractivity contribution in [1.29, 1.82) is 0 Å². The van der Waals surface area contributed by atoms with Gasteiger partial charge < -0.3 is 18.9 Å². The monoisotopic (exact) mass is 314 g/mol. The maximum atomic E-state index is 5.81. The lowest BCUT2D eigenvalue weighted by Crippen LogP contribution is -2.02. The van der Waals surface area contributed by atoms with Crippen LogP contribution in [0.25, 0.3) is 0 Å². The Morgan fingerprint density at radius 3 is 2.26 bits per heavy atom. The molecule has 23 heavy (non-hydrogen) atoms. The van der Waals surface area contributed by atoms with E-state index in [0.29, 0.717) is 13.2 Å². The molecule has 2 aromatic carbocycles. The number of benzene rings is 2. The van der Waals surface area contributed by atoms with Crippen LogP contribution in [0.5, 0.6) is 23.0 Å². The van der Waals surface area contributed by atoms with Gasteiger partial charge in [0.1, 0.15) is 11.5 Å². The number of hydrogen-bond donors (Lipinski definition) is 0. The zero-order valence-electron chi connectivity index (χ0n) is 13.8. The van der Waals surface area contributed by atoms with Gasteiger partial charge in [0.2, 0.25) is 6.79 Å². The molecule has 0 fully saturated rings. The van der Waals surface area contributed by atoms with E-state index in [9.17, 15) is 0 Å². The van der Waals surface area contributed by atoms with Crippen molar-refractivity contribution in [3.05, 3.63) is 47.5 Å². The normalized spacial score (nSPS) is 13.7. The molecule has 0 bridgehead atoms. The highest BCUT2D eigenvalue weighted by Crippen LogP contribution is 2.42. The highest BCUT2D eigenvalue weighted by atomic mass is 16.7. The minimum absolute atomic E-state index is 0.182. The molecule has 4 nitrogen and oxygen atoms in total. The summed E-state index contributed by atoms with van der Waals surface area (Å²) in [5.41, 5.74) is 2.30. The van der Waals surface area contributed by atoms with E-state index in [1.165, 1.54) is 5.56 Å². The number of ether oxygens (including phenoxy) is 4. The van der Waals surface area contributed by atoms with E-state index < -0.39 is 0 Å². The first-order valence-corrected chi connectivity index (χ1v) is 8.02. The molecule has 1 aliphatic rings. The SMILES string of the molecule is CCOc1ccc(C(C)c2cc3c(cc2OCC)OCO3)cc1. The van der Waals surface area contributed by atoms with E-state index in [-0.39, 0.29) is 12.7 Å². The van der Waals surface area contributed by atoms with E-state index in [4.69, 9.17) is 18.9 Å². The molecule has 1 aliphatic heterocycles. The molecule has 0 N–H and O–H groups in total. The third kappa shape index (κ3) is 3.21. The quantitative estimate of drug-likeness (QED) is 0.793. The number of rotatable bonds is 6. The zero-order valence-corrected chi connectivity index (χ0v) is 13.8. The summed E-state index contributed by atoms with van der Waals surface area (Å²) in [6, 6.07) is 12.1. The van der Waals surface area contributed by atoms with Crippen LogP contribution in [0, 0.1) is 0 Å². The van der Waals surface area contributed by atoms with Gasteiger partial charge in [0.15, 0.2) is 11.5 Å². The average Bonchev–Trinajstić information content (AvgIpc) is 3.02. The van der Waals surface area contributed by atoms with Gasteiger partial charge in [-0.2, -0.15) is 0 Å². The van der Waals surface area contributed by atoms with Crippen LogP contribution in [0.15, 0.2) is 36.4 Å². The molecule has 3 rings (SSSR count). The van der Waals surface area contributed by atoms with Crippen molar-refractivity contribution in [1.82, 2.24) is 0 Å². The lowest BCUT2D eigenvalue weighted by molar-refractivity contribution is 0.173. The van der Waals surface area contributed by atoms with Crippen LogP contribution in [0.3, 0.4) is 0 Å². The maximum absolute atomic E-state index is 5.81. The Hall–Kier alpha value is -2.36. The maximum Gasteiger partial charge on any atom is 0.231 e. The average molecular weight is 314 g/mol. The fraction of sp³-hybridized carbons (Fsp3) is 0.368. The van der Waals surface area contributed by atoms with Gasteiger partial charge in [-0.05, 0) is 37.6 Å². The Labute approximate surface area is 136 Å². The molecule has 1 unspecified atom stereocenters. The van der Waals surface area contributed by atoms with Crippen molar-refractivity contribution in [3.63, 3.8) is 0 Å². The molecule has 0 radical (unpaired) electrons. The van der Waals surface area contributed by atoms with E-state index in [1.807, 2.05) is 38.1 Å². The van der Waals surface area contributed by atoms with E-state index >= 15 is 0 Å². The second-order valence-electron chi connectivity index (χ2n) is 5.40. The summed E-state index contributed by atoms with van der Waals surface area (Å²) < 4.78 is 22.3. The van der Waals surface area contributed by atoms with Crippen LogP contribution in [0.1, 0.15) is 37.8 Å². The van der Waals surface area contributed by atoms with Gasteiger partial charge in [-0.25, -0.2) is 0 Å². The lowest BCUT2D eigenvalue weighted by atomic mass is 9.92. The van der Waals surface area contributed by atoms with Gasteiger partial charge in [-0.3, -0.25) is 0 Å². The molecule has 2 aromatic rings. The Kier molecular flexibility index (Phi) is 4.60. The third-order valence-corrected chi connectivity index (χ3v) is 3.96. The van der Waals surface area contributed by atoms with Crippen LogP contribution in [-0.4, -0.2) is 20.0 Å². The van der Waals surface area contributed by atoms with Crippen LogP contribution < -0.4 is 18.9 Å². The lowest BCUT2D eigenvalue weighted by Gasteiger charge is -2.18. The highest BCUT2D eigenvalue weighted by Gasteiger charge is 2.22. The fourth-order valence-corrected chi connectivity index (χ4v) is 2.76. The van der Waals surface area contributed by atoms with Gasteiger partial charge in [0.05, 0.1) is 13.2 Å². The highest BCUT2D eigenvalue weighted by molar-refractivity contribution is 5.54. The third-order valence-electron chi connectivity index (χ3n) is 3.96. The number of fused-ring (bicyclic) bond motifs is 1. The molecule has 0 saturated carbocycles. The van der Waals surface area contributed by atoms with Crippen LogP contribution in [0.4, 0.5) is 0 Å². The fourth-order valence-electron chi connectivity index (χ4n) is 2.76. The van der Waals surface area contributed by atoms with E-state index in [0.717, 1.165) is 28.6 Å². The van der Waals surface area contributed by atoms with Crippen molar-refractivity contribution in [2.45, 2.75) is 26.7 Å². The van der Waals surface area contributed by atoms with Crippen LogP contribution in [0.2, 0.25) is 0 Å². The molecule has 122 valence electrons. The van der Waals surface area contributed by atoms with Crippen molar-refractivity contribution >= 4 is 0 Å². The summed E-state index contributed by atoms with van der Waals surface area (Å²) >= 11 is 0. The molecular weight excluding hydrogens is 292 g/mol. The standard InChI is InChI=1S/C19H22O4/c1-4-20-15-8-6-14(7-9-15)13(3)16-10-18-19(23-12-22-18)11-17(16)21-5-2/h6-11,13H,4-5,12H2,1-3H3. The number of hydrogen-bond acceptors (Lipinski definition) is 4. The van der Waals surface area contributed by atoms with E-state index in [2.05, 4.69) is 19.1 Å². The predicted octanol–water partition coefficient (Wildman–Crippen LogP) is 4.36. The predicted molar refractivity (Wildman–Crippen MR) is 88.9 cm³/mol. The molecule has 0 amide bonds. The molecule has 0 aromatic heterocycles. The Bertz CT molecular complexity index is 664. The summed E-state index contributed by atoms with van der Waals surface area (Å²) in [5, 5.41) is 0. The zero-order chi connectivity index (χ0) is 16.2. The van der Waals surface area contributed by atoms with Gasteiger partial charge in [0.25, 0.3) is 0 Å². The molecule has 1 atom stereocenters. The summed E-state index contributed by atoms with van der Waals surface area (Å²) in [4.78, 5) is 0. The van der Waals surface area contributed by atoms with Crippen molar-refractivity contribution in [2.75, 3.05) is 20.0 Å². The summed E-state index contributed by atoms with van der Waals surface area (Å²) in [6.45, 7) is 7.68. The Morgan fingerprint density at radius 1 is 0.957 bits per heavy atom.